The van der Waals surface area contributed by atoms with Crippen molar-refractivity contribution in [3.8, 4) is 0 Å². The van der Waals surface area contributed by atoms with Gasteiger partial charge in [0.25, 0.3) is 0 Å². The van der Waals surface area contributed by atoms with Crippen molar-refractivity contribution in [3.63, 3.8) is 0 Å². The largest absolute Gasteiger partial charge is 0.480 e. The number of hydrogen-bond acceptors (Lipinski definition) is 3. The molecule has 1 aromatic carbocycles. The molecule has 0 aliphatic rings. The monoisotopic (exact) mass is 348 g/mol. The van der Waals surface area contributed by atoms with Gasteiger partial charge in [0.2, 0.25) is 0 Å². The van der Waals surface area contributed by atoms with E-state index in [1.807, 2.05) is 24.3 Å². The number of H-pyrrole nitrogens is 1. The first-order chi connectivity index (χ1) is 11.3. The number of para-hydroxylation sites is 1. The molecule has 24 heavy (non-hydrogen) atoms. The van der Waals surface area contributed by atoms with Gasteiger partial charge in [-0.25, -0.2) is 9.59 Å². The number of carboxylic acids is 1. The predicted molar refractivity (Wildman–Crippen MR) is 96.1 cm³/mol. The molecular weight excluding hydrogens is 324 g/mol. The molecule has 0 saturated carbocycles. The van der Waals surface area contributed by atoms with E-state index in [0.717, 1.165) is 22.5 Å². The molecule has 1 atom stereocenters. The maximum Gasteiger partial charge on any atom is 0.407 e. The van der Waals surface area contributed by atoms with E-state index in [4.69, 9.17) is 4.74 Å². The van der Waals surface area contributed by atoms with Crippen LogP contribution in [0, 0.1) is 0 Å². The smallest absolute Gasteiger partial charge is 0.407 e. The third kappa shape index (κ3) is 5.12. The summed E-state index contributed by atoms with van der Waals surface area (Å²) < 4.78 is 5.12. The average Bonchev–Trinajstić information content (AvgIpc) is 2.88. The number of rotatable bonds is 7. The number of carbonyl (C=O) groups is 2. The normalized spacial score (nSPS) is 12.8. The summed E-state index contributed by atoms with van der Waals surface area (Å²) in [4.78, 5) is 26.4. The average molecular weight is 348 g/mol. The summed E-state index contributed by atoms with van der Waals surface area (Å²) >= 11 is 0. The van der Waals surface area contributed by atoms with E-state index in [9.17, 15) is 14.7 Å². The van der Waals surface area contributed by atoms with Crippen molar-refractivity contribution in [2.24, 2.45) is 0 Å². The van der Waals surface area contributed by atoms with Crippen LogP contribution in [0.15, 0.2) is 30.5 Å². The number of aromatic nitrogens is 1. The number of ether oxygens (including phenoxy) is 1. The Hall–Kier alpha value is -2.28. The zero-order valence-corrected chi connectivity index (χ0v) is 15.3. The third-order valence-corrected chi connectivity index (χ3v) is 5.48. The van der Waals surface area contributed by atoms with E-state index in [-0.39, 0.29) is 6.42 Å². The lowest BCUT2D eigenvalue weighted by molar-refractivity contribution is -0.139. The predicted octanol–water partition coefficient (Wildman–Crippen LogP) is 3.23. The highest BCUT2D eigenvalue weighted by Gasteiger charge is 2.23. The maximum atomic E-state index is 11.8. The molecule has 7 heteroatoms. The molecule has 2 aromatic rings. The Labute approximate surface area is 142 Å². The second kappa shape index (κ2) is 7.52. The van der Waals surface area contributed by atoms with Gasteiger partial charge in [-0.1, -0.05) is 37.8 Å². The van der Waals surface area contributed by atoms with E-state index >= 15 is 0 Å². The van der Waals surface area contributed by atoms with Gasteiger partial charge in [-0.15, -0.1) is 0 Å². The SMILES string of the molecule is C[Si](C)(C)CCOC(=O)N[C@@H](Cc1c[nH]c2ccccc12)C(=O)O. The first-order valence-corrected chi connectivity index (χ1v) is 11.7. The molecule has 0 radical (unpaired) electrons. The summed E-state index contributed by atoms with van der Waals surface area (Å²) in [7, 11) is -1.29. The molecule has 6 nitrogen and oxygen atoms in total. The molecule has 0 fully saturated rings. The number of fused-ring (bicyclic) bond motifs is 1. The minimum Gasteiger partial charge on any atom is -0.480 e. The van der Waals surface area contributed by atoms with Crippen molar-refractivity contribution in [3.05, 3.63) is 36.0 Å². The van der Waals surface area contributed by atoms with Crippen molar-refractivity contribution < 1.29 is 19.4 Å². The number of carboxylic acid groups (broad SMARTS) is 1. The van der Waals surface area contributed by atoms with Gasteiger partial charge in [0.15, 0.2) is 0 Å². The summed E-state index contributed by atoms with van der Waals surface area (Å²) in [5, 5.41) is 12.8. The first-order valence-electron chi connectivity index (χ1n) is 7.97. The van der Waals surface area contributed by atoms with Crippen LogP contribution in [0.4, 0.5) is 4.79 Å². The zero-order valence-electron chi connectivity index (χ0n) is 14.3. The molecular formula is C17H24N2O4Si. The highest BCUT2D eigenvalue weighted by molar-refractivity contribution is 6.76. The number of amides is 1. The molecule has 130 valence electrons. The molecule has 0 bridgehead atoms. The number of aromatic amines is 1. The molecule has 0 saturated heterocycles. The molecule has 1 amide bonds. The molecule has 0 aliphatic heterocycles. The van der Waals surface area contributed by atoms with E-state index in [0.29, 0.717) is 6.61 Å². The van der Waals surface area contributed by atoms with Crippen molar-refractivity contribution in [2.45, 2.75) is 38.1 Å². The summed E-state index contributed by atoms with van der Waals surface area (Å²) in [6.07, 6.45) is 1.29. The molecule has 1 heterocycles. The van der Waals surface area contributed by atoms with Crippen LogP contribution in [-0.2, 0) is 16.0 Å². The lowest BCUT2D eigenvalue weighted by Crippen LogP contribution is -2.42. The Morgan fingerprint density at radius 1 is 1.29 bits per heavy atom. The number of carbonyl (C=O) groups excluding carboxylic acids is 1. The number of hydrogen-bond donors (Lipinski definition) is 3. The van der Waals surface area contributed by atoms with Gasteiger partial charge < -0.3 is 20.1 Å². The highest BCUT2D eigenvalue weighted by atomic mass is 28.3. The van der Waals surface area contributed by atoms with Crippen LogP contribution in [0.1, 0.15) is 5.56 Å². The fourth-order valence-corrected chi connectivity index (χ4v) is 3.07. The number of aliphatic carboxylic acids is 1. The lowest BCUT2D eigenvalue weighted by Gasteiger charge is -2.17. The lowest BCUT2D eigenvalue weighted by atomic mass is 10.1. The minimum atomic E-state index is -1.29. The third-order valence-electron chi connectivity index (χ3n) is 3.77. The summed E-state index contributed by atoms with van der Waals surface area (Å²) in [6.45, 7) is 6.88. The van der Waals surface area contributed by atoms with Crippen LogP contribution in [0.2, 0.25) is 25.7 Å². The molecule has 2 rings (SSSR count). The number of alkyl carbamates (subject to hydrolysis) is 1. The second-order valence-corrected chi connectivity index (χ2v) is 12.7. The summed E-state index contributed by atoms with van der Waals surface area (Å²) in [6, 6.07) is 7.47. The van der Waals surface area contributed by atoms with Gasteiger partial charge in [-0.2, -0.15) is 0 Å². The standard InChI is InChI=1S/C17H24N2O4Si/c1-24(2,3)9-8-23-17(22)19-15(16(20)21)10-12-11-18-14-7-5-4-6-13(12)14/h4-7,11,15,18H,8-10H2,1-3H3,(H,19,22)(H,20,21)/t15-/m0/s1. The Kier molecular flexibility index (Phi) is 5.66. The van der Waals surface area contributed by atoms with Gasteiger partial charge in [0.05, 0.1) is 6.61 Å². The van der Waals surface area contributed by atoms with E-state index in [1.165, 1.54) is 0 Å². The van der Waals surface area contributed by atoms with Crippen LogP contribution in [-0.4, -0.2) is 42.9 Å². The van der Waals surface area contributed by atoms with Gasteiger partial charge in [-0.3, -0.25) is 0 Å². The van der Waals surface area contributed by atoms with Gasteiger partial charge in [0, 0.05) is 31.6 Å². The number of nitrogens with one attached hydrogen (secondary N) is 2. The molecule has 0 aliphatic carbocycles. The Morgan fingerprint density at radius 3 is 2.67 bits per heavy atom. The molecule has 1 aromatic heterocycles. The van der Waals surface area contributed by atoms with Gasteiger partial charge in [-0.05, 0) is 17.7 Å². The van der Waals surface area contributed by atoms with Crippen molar-refractivity contribution >= 4 is 31.0 Å². The van der Waals surface area contributed by atoms with Crippen LogP contribution in [0.5, 0.6) is 0 Å². The minimum absolute atomic E-state index is 0.197. The number of benzene rings is 1. The Balaban J connectivity index is 1.97. The fourth-order valence-electron chi connectivity index (χ4n) is 2.35. The topological polar surface area (TPSA) is 91.4 Å². The molecule has 3 N–H and O–H groups in total. The summed E-state index contributed by atoms with van der Waals surface area (Å²) in [5.74, 6) is -1.08. The van der Waals surface area contributed by atoms with Crippen LogP contribution in [0.25, 0.3) is 10.9 Å². The Bertz CT molecular complexity index is 721. The second-order valence-electron chi connectivity index (χ2n) is 7.05. The molecule has 0 unspecified atom stereocenters. The summed E-state index contributed by atoms with van der Waals surface area (Å²) in [5.41, 5.74) is 1.79. The van der Waals surface area contributed by atoms with Crippen LogP contribution < -0.4 is 5.32 Å². The van der Waals surface area contributed by atoms with E-state index in [1.54, 1.807) is 6.20 Å². The van der Waals surface area contributed by atoms with Crippen molar-refractivity contribution in [1.82, 2.24) is 10.3 Å². The van der Waals surface area contributed by atoms with Crippen molar-refractivity contribution in [1.29, 1.82) is 0 Å². The van der Waals surface area contributed by atoms with Crippen molar-refractivity contribution in [2.75, 3.05) is 6.61 Å². The molecule has 0 spiro atoms. The van der Waals surface area contributed by atoms with Crippen LogP contribution in [0.3, 0.4) is 0 Å². The van der Waals surface area contributed by atoms with E-state index in [2.05, 4.69) is 29.9 Å². The quantitative estimate of drug-likeness (QED) is 0.670. The van der Waals surface area contributed by atoms with Crippen LogP contribution >= 0.6 is 0 Å². The van der Waals surface area contributed by atoms with E-state index < -0.39 is 26.2 Å². The Morgan fingerprint density at radius 2 is 2.00 bits per heavy atom. The van der Waals surface area contributed by atoms with Gasteiger partial charge >= 0.3 is 12.1 Å². The van der Waals surface area contributed by atoms with Gasteiger partial charge in [0.1, 0.15) is 6.04 Å². The highest BCUT2D eigenvalue weighted by Crippen LogP contribution is 2.19. The first kappa shape index (κ1) is 18.1. The maximum absolute atomic E-state index is 11.8. The fraction of sp³-hybridized carbons (Fsp3) is 0.412. The zero-order chi connectivity index (χ0) is 17.7.